The molecule has 39 heavy (non-hydrogen) atoms. The van der Waals surface area contributed by atoms with Gasteiger partial charge in [-0.1, -0.05) is 48.7 Å². The molecular weight excluding hydrogens is 550 g/mol. The minimum Gasteiger partial charge on any atom is -0.395 e. The number of nitrogens with one attached hydrogen (secondary N) is 1. The van der Waals surface area contributed by atoms with Crippen molar-refractivity contribution < 1.29 is 37.7 Å². The van der Waals surface area contributed by atoms with E-state index in [9.17, 15) is 19.6 Å². The largest absolute Gasteiger partial charge is 0.405 e. The Kier molecular flexibility index (Phi) is 10.5. The van der Waals surface area contributed by atoms with Crippen molar-refractivity contribution in [3.05, 3.63) is 60.6 Å². The number of alkyl halides is 1. The third kappa shape index (κ3) is 7.99. The number of aliphatic hydroxyl groups is 2. The zero-order valence-electron chi connectivity index (χ0n) is 22.2. The lowest BCUT2D eigenvalue weighted by Crippen LogP contribution is -2.48. The molecule has 0 bridgehead atoms. The molecule has 11 nitrogen and oxygen atoms in total. The number of ether oxygens (including phenoxy) is 1. The number of nitrogens with zero attached hydrogens (tertiary/aromatic N) is 2. The Hall–Kier alpha value is -2.09. The van der Waals surface area contributed by atoms with E-state index in [2.05, 4.69) is 16.7 Å². The van der Waals surface area contributed by atoms with E-state index in [0.29, 0.717) is 0 Å². The molecule has 2 aliphatic rings. The number of aliphatic hydroxyl groups excluding tert-OH is 2. The minimum atomic E-state index is -4.01. The lowest BCUT2D eigenvalue weighted by atomic mass is 9.97. The molecule has 14 heteroatoms. The van der Waals surface area contributed by atoms with Crippen LogP contribution < -0.4 is 10.8 Å². The smallest absolute Gasteiger partial charge is 0.395 e. The first kappa shape index (κ1) is 31.4. The first-order valence-corrected chi connectivity index (χ1v) is 14.8. The van der Waals surface area contributed by atoms with Crippen LogP contribution in [-0.4, -0.2) is 75.7 Å². The Morgan fingerprint density at radius 1 is 1.38 bits per heavy atom. The third-order valence-electron chi connectivity index (χ3n) is 6.19. The SMILES string of the molecule is C=C1N=C(N)C=CN1[C@@H]1O[C@H](COP(=O)(NCc2ccccc2)OCCSC(=O)C(C)(C)CO)[C@H](O)C1(C)F. The van der Waals surface area contributed by atoms with Gasteiger partial charge in [-0.3, -0.25) is 13.8 Å². The molecule has 0 spiro atoms. The number of hydrogen-bond acceptors (Lipinski definition) is 11. The predicted molar refractivity (Wildman–Crippen MR) is 147 cm³/mol. The Labute approximate surface area is 231 Å². The summed E-state index contributed by atoms with van der Waals surface area (Å²) in [5.74, 6) is 0.480. The molecule has 2 aliphatic heterocycles. The number of aliphatic imine (C=N–C) groups is 1. The van der Waals surface area contributed by atoms with Crippen LogP contribution in [0.4, 0.5) is 4.39 Å². The minimum absolute atomic E-state index is 0.119. The van der Waals surface area contributed by atoms with Crippen LogP contribution in [0, 0.1) is 5.41 Å². The normalized spacial score (nSPS) is 26.9. The van der Waals surface area contributed by atoms with Crippen LogP contribution in [-0.2, 0) is 29.7 Å². The topological polar surface area (TPSA) is 156 Å². The molecule has 5 atom stereocenters. The molecule has 2 unspecified atom stereocenters. The zero-order valence-corrected chi connectivity index (χ0v) is 23.9. The molecule has 1 aromatic carbocycles. The van der Waals surface area contributed by atoms with Gasteiger partial charge in [0.15, 0.2) is 17.0 Å². The van der Waals surface area contributed by atoms with Crippen LogP contribution in [0.5, 0.6) is 0 Å². The van der Waals surface area contributed by atoms with Gasteiger partial charge in [-0.15, -0.1) is 0 Å². The lowest BCUT2D eigenvalue weighted by Gasteiger charge is -2.34. The maximum absolute atomic E-state index is 15.6. The highest BCUT2D eigenvalue weighted by Gasteiger charge is 2.57. The second kappa shape index (κ2) is 13.0. The van der Waals surface area contributed by atoms with Gasteiger partial charge in [0.05, 0.1) is 25.2 Å². The van der Waals surface area contributed by atoms with Crippen molar-refractivity contribution in [1.82, 2.24) is 9.99 Å². The monoisotopic (exact) mass is 586 g/mol. The second-order valence-corrected chi connectivity index (χ2v) is 12.8. The molecule has 2 heterocycles. The number of nitrogens with two attached hydrogens (primary N) is 1. The number of amidine groups is 1. The van der Waals surface area contributed by atoms with E-state index in [1.54, 1.807) is 13.8 Å². The van der Waals surface area contributed by atoms with Gasteiger partial charge in [-0.25, -0.2) is 19.0 Å². The van der Waals surface area contributed by atoms with Crippen LogP contribution >= 0.6 is 19.5 Å². The number of thioether (sulfide) groups is 1. The van der Waals surface area contributed by atoms with Crippen molar-refractivity contribution in [3.8, 4) is 0 Å². The maximum atomic E-state index is 15.6. The third-order valence-corrected chi connectivity index (χ3v) is 8.93. The number of benzene rings is 1. The van der Waals surface area contributed by atoms with Crippen molar-refractivity contribution in [2.75, 3.05) is 25.6 Å². The summed E-state index contributed by atoms with van der Waals surface area (Å²) in [7, 11) is -4.01. The van der Waals surface area contributed by atoms with Gasteiger partial charge in [-0.2, -0.15) is 0 Å². The summed E-state index contributed by atoms with van der Waals surface area (Å²) in [5.41, 5.74) is 3.28. The second-order valence-electron chi connectivity index (χ2n) is 9.92. The molecule has 0 saturated carbocycles. The molecule has 1 saturated heterocycles. The summed E-state index contributed by atoms with van der Waals surface area (Å²) in [5, 5.41) is 22.6. The highest BCUT2D eigenvalue weighted by molar-refractivity contribution is 8.13. The van der Waals surface area contributed by atoms with E-state index in [1.165, 1.54) is 24.1 Å². The maximum Gasteiger partial charge on any atom is 0.405 e. The van der Waals surface area contributed by atoms with Gasteiger partial charge in [0, 0.05) is 18.5 Å². The van der Waals surface area contributed by atoms with Gasteiger partial charge in [0.25, 0.3) is 0 Å². The van der Waals surface area contributed by atoms with E-state index >= 15 is 4.39 Å². The van der Waals surface area contributed by atoms with Crippen molar-refractivity contribution in [1.29, 1.82) is 0 Å². The Morgan fingerprint density at radius 2 is 2.08 bits per heavy atom. The van der Waals surface area contributed by atoms with E-state index < -0.39 is 43.9 Å². The Morgan fingerprint density at radius 3 is 2.72 bits per heavy atom. The number of halogens is 1. The molecule has 216 valence electrons. The van der Waals surface area contributed by atoms with Crippen LogP contribution in [0.15, 0.2) is 60.0 Å². The predicted octanol–water partition coefficient (Wildman–Crippen LogP) is 2.67. The highest BCUT2D eigenvalue weighted by Crippen LogP contribution is 2.46. The summed E-state index contributed by atoms with van der Waals surface area (Å²) >= 11 is 0.941. The molecule has 0 radical (unpaired) electrons. The molecule has 1 fully saturated rings. The number of carbonyl (C=O) groups excluding carboxylic acids is 1. The standard InChI is InChI=1S/C25H36FN4O7PS/c1-17-29-20(27)10-11-30(17)22-25(4,26)21(32)19(37-22)15-36-38(34,28-14-18-8-6-5-7-9-18)35-12-13-39-23(33)24(2,3)16-31/h5-11,19,21-22,31-32H,1,12-16H2,2-4H3,(H2,27,29)(H,28,34)/t19-,21+,22-,25?,38?/m1/s1. The molecule has 5 N–H and O–H groups in total. The quantitative estimate of drug-likeness (QED) is 0.199. The zero-order chi connectivity index (χ0) is 28.8. The molecule has 1 aromatic rings. The van der Waals surface area contributed by atoms with Crippen molar-refractivity contribution in [3.63, 3.8) is 0 Å². The van der Waals surface area contributed by atoms with Crippen LogP contribution in [0.25, 0.3) is 0 Å². The van der Waals surface area contributed by atoms with Crippen LogP contribution in [0.3, 0.4) is 0 Å². The summed E-state index contributed by atoms with van der Waals surface area (Å²) in [4.78, 5) is 17.6. The van der Waals surface area contributed by atoms with E-state index in [0.717, 1.165) is 17.3 Å². The first-order valence-electron chi connectivity index (χ1n) is 12.3. The van der Waals surface area contributed by atoms with Gasteiger partial charge >= 0.3 is 7.75 Å². The number of hydrogen-bond donors (Lipinski definition) is 4. The lowest BCUT2D eigenvalue weighted by molar-refractivity contribution is -0.119. The van der Waals surface area contributed by atoms with E-state index in [-0.39, 0.29) is 42.3 Å². The van der Waals surface area contributed by atoms with Crippen LogP contribution in [0.2, 0.25) is 0 Å². The fraction of sp³-hybridized carbons (Fsp3) is 0.520. The molecule has 3 rings (SSSR count). The summed E-state index contributed by atoms with van der Waals surface area (Å²) in [6.45, 7) is 7.41. The van der Waals surface area contributed by atoms with Crippen molar-refractivity contribution >= 4 is 30.5 Å². The number of rotatable bonds is 13. The average Bonchev–Trinajstić information content (AvgIpc) is 3.13. The number of carbonyl (C=O) groups is 1. The molecular formula is C25H36FN4O7PS. The highest BCUT2D eigenvalue weighted by atomic mass is 32.2. The summed E-state index contributed by atoms with van der Waals surface area (Å²) in [6.07, 6.45) is -1.23. The van der Waals surface area contributed by atoms with E-state index in [4.69, 9.17) is 19.5 Å². The van der Waals surface area contributed by atoms with E-state index in [1.807, 2.05) is 30.3 Å². The summed E-state index contributed by atoms with van der Waals surface area (Å²) < 4.78 is 46.1. The Bertz CT molecular complexity index is 1130. The summed E-state index contributed by atoms with van der Waals surface area (Å²) in [6, 6.07) is 9.12. The first-order chi connectivity index (χ1) is 18.3. The van der Waals surface area contributed by atoms with Gasteiger partial charge < -0.3 is 25.6 Å². The van der Waals surface area contributed by atoms with Crippen molar-refractivity contribution in [2.24, 2.45) is 16.1 Å². The Balaban J connectivity index is 1.65. The van der Waals surface area contributed by atoms with Gasteiger partial charge in [0.2, 0.25) is 0 Å². The van der Waals surface area contributed by atoms with Crippen LogP contribution in [0.1, 0.15) is 26.3 Å². The fourth-order valence-corrected chi connectivity index (χ4v) is 5.93. The fourth-order valence-electron chi connectivity index (χ4n) is 3.69. The van der Waals surface area contributed by atoms with Crippen molar-refractivity contribution in [2.45, 2.75) is 51.4 Å². The molecule has 0 amide bonds. The van der Waals surface area contributed by atoms with Gasteiger partial charge in [0.1, 0.15) is 23.9 Å². The van der Waals surface area contributed by atoms with Gasteiger partial charge in [-0.05, 0) is 32.4 Å². The average molecular weight is 587 g/mol. The molecule has 0 aromatic heterocycles. The molecule has 0 aliphatic carbocycles.